The van der Waals surface area contributed by atoms with Gasteiger partial charge in [-0.2, -0.15) is 0 Å². The topological polar surface area (TPSA) is 41.1 Å². The Labute approximate surface area is 137 Å². The molecule has 2 aliphatic rings. The predicted octanol–water partition coefficient (Wildman–Crippen LogP) is 3.82. The number of anilines is 1. The molecule has 23 heavy (non-hydrogen) atoms. The fourth-order valence-corrected chi connectivity index (χ4v) is 3.99. The summed E-state index contributed by atoms with van der Waals surface area (Å²) in [6.45, 7) is 3.78. The number of Topliss-reactive ketones (excluding diaryl/α,β-unsaturated/α-hetero) is 1. The van der Waals surface area contributed by atoms with Crippen LogP contribution in [0.4, 0.5) is 5.69 Å². The average Bonchev–Trinajstić information content (AvgIpc) is 2.76. The molecule has 0 amide bonds. The van der Waals surface area contributed by atoms with Crippen molar-refractivity contribution in [3.63, 3.8) is 0 Å². The number of carbonyl (C=O) groups is 1. The average molecular weight is 306 g/mol. The van der Waals surface area contributed by atoms with Crippen LogP contribution in [0.25, 0.3) is 11.1 Å². The first-order valence-corrected chi connectivity index (χ1v) is 8.45. The fraction of sp³-hybridized carbons (Fsp3) is 0.350. The molecule has 2 aliphatic heterocycles. The Morgan fingerprint density at radius 3 is 2.61 bits per heavy atom. The molecule has 3 nitrogen and oxygen atoms in total. The van der Waals surface area contributed by atoms with E-state index in [1.165, 1.54) is 35.2 Å². The summed E-state index contributed by atoms with van der Waals surface area (Å²) in [5.74, 6) is 0.690. The molecule has 0 saturated carbocycles. The zero-order chi connectivity index (χ0) is 15.8. The lowest BCUT2D eigenvalue weighted by atomic mass is 9.86. The van der Waals surface area contributed by atoms with E-state index in [4.69, 9.17) is 0 Å². The normalized spacial score (nSPS) is 22.7. The van der Waals surface area contributed by atoms with Crippen LogP contribution in [-0.4, -0.2) is 24.9 Å². The van der Waals surface area contributed by atoms with Crippen LogP contribution < -0.4 is 10.6 Å². The minimum atomic E-state index is 0.117. The largest absolute Gasteiger partial charge is 0.381 e. The van der Waals surface area contributed by atoms with Gasteiger partial charge in [0, 0.05) is 23.2 Å². The third kappa shape index (κ3) is 2.55. The Morgan fingerprint density at radius 2 is 1.83 bits per heavy atom. The Hall–Kier alpha value is -2.13. The van der Waals surface area contributed by atoms with Crippen molar-refractivity contribution in [2.24, 2.45) is 0 Å². The highest BCUT2D eigenvalue weighted by Gasteiger charge is 2.34. The molecular formula is C20H22N2O. The minimum absolute atomic E-state index is 0.117. The number of rotatable bonds is 2. The van der Waals surface area contributed by atoms with Crippen LogP contribution in [0.5, 0.6) is 0 Å². The molecule has 2 aromatic carbocycles. The highest BCUT2D eigenvalue weighted by Crippen LogP contribution is 2.45. The molecule has 0 bridgehead atoms. The summed E-state index contributed by atoms with van der Waals surface area (Å²) >= 11 is 0. The number of hydrogen-bond donors (Lipinski definition) is 2. The van der Waals surface area contributed by atoms with Gasteiger partial charge in [0.15, 0.2) is 5.78 Å². The van der Waals surface area contributed by atoms with Crippen molar-refractivity contribution in [1.29, 1.82) is 0 Å². The van der Waals surface area contributed by atoms with Crippen molar-refractivity contribution >= 4 is 11.5 Å². The SMILES string of the molecule is CC(=O)c1ccc(-c2cccc3c2[C@@H]2CCNCC[C@@H]2N3)cc1. The molecule has 0 unspecified atom stereocenters. The number of ketones is 1. The van der Waals surface area contributed by atoms with Crippen LogP contribution in [0.3, 0.4) is 0 Å². The van der Waals surface area contributed by atoms with Gasteiger partial charge in [0.1, 0.15) is 0 Å². The minimum Gasteiger partial charge on any atom is -0.381 e. The lowest BCUT2D eigenvalue weighted by Gasteiger charge is -2.18. The van der Waals surface area contributed by atoms with Crippen LogP contribution >= 0.6 is 0 Å². The van der Waals surface area contributed by atoms with Gasteiger partial charge in [0.05, 0.1) is 0 Å². The molecule has 0 spiro atoms. The highest BCUT2D eigenvalue weighted by molar-refractivity contribution is 5.94. The molecule has 4 rings (SSSR count). The maximum Gasteiger partial charge on any atom is 0.159 e. The Balaban J connectivity index is 1.76. The molecular weight excluding hydrogens is 284 g/mol. The summed E-state index contributed by atoms with van der Waals surface area (Å²) in [7, 11) is 0. The predicted molar refractivity (Wildman–Crippen MR) is 94.1 cm³/mol. The molecule has 2 atom stereocenters. The first-order valence-electron chi connectivity index (χ1n) is 8.45. The number of nitrogens with one attached hydrogen (secondary N) is 2. The van der Waals surface area contributed by atoms with Gasteiger partial charge in [-0.25, -0.2) is 0 Å². The molecule has 0 radical (unpaired) electrons. The van der Waals surface area contributed by atoms with Crippen LogP contribution in [0.1, 0.15) is 41.6 Å². The van der Waals surface area contributed by atoms with Gasteiger partial charge < -0.3 is 10.6 Å². The van der Waals surface area contributed by atoms with E-state index in [0.717, 1.165) is 18.7 Å². The summed E-state index contributed by atoms with van der Waals surface area (Å²) in [5, 5.41) is 7.23. The van der Waals surface area contributed by atoms with Gasteiger partial charge in [-0.3, -0.25) is 4.79 Å². The van der Waals surface area contributed by atoms with Crippen LogP contribution in [-0.2, 0) is 0 Å². The Morgan fingerprint density at radius 1 is 1.04 bits per heavy atom. The Bertz CT molecular complexity index is 736. The van der Waals surface area contributed by atoms with Crippen molar-refractivity contribution in [2.45, 2.75) is 31.7 Å². The van der Waals surface area contributed by atoms with E-state index in [9.17, 15) is 4.79 Å². The second-order valence-electron chi connectivity index (χ2n) is 6.59. The van der Waals surface area contributed by atoms with Crippen molar-refractivity contribution < 1.29 is 4.79 Å². The third-order valence-corrected chi connectivity index (χ3v) is 5.17. The Kier molecular flexibility index (Phi) is 3.66. The molecule has 2 aromatic rings. The van der Waals surface area contributed by atoms with E-state index in [1.54, 1.807) is 6.92 Å². The molecule has 0 aromatic heterocycles. The van der Waals surface area contributed by atoms with E-state index < -0.39 is 0 Å². The molecule has 2 heterocycles. The second-order valence-corrected chi connectivity index (χ2v) is 6.59. The highest BCUT2D eigenvalue weighted by atomic mass is 16.1. The van der Waals surface area contributed by atoms with Gasteiger partial charge in [0.25, 0.3) is 0 Å². The monoisotopic (exact) mass is 306 g/mol. The van der Waals surface area contributed by atoms with E-state index in [-0.39, 0.29) is 5.78 Å². The molecule has 3 heteroatoms. The van der Waals surface area contributed by atoms with Crippen molar-refractivity contribution in [3.8, 4) is 11.1 Å². The van der Waals surface area contributed by atoms with Gasteiger partial charge in [0.2, 0.25) is 0 Å². The molecule has 1 fully saturated rings. The van der Waals surface area contributed by atoms with Gasteiger partial charge in [-0.05, 0) is 55.6 Å². The molecule has 1 saturated heterocycles. The standard InChI is InChI=1S/C20H22N2O/c1-13(23)14-5-7-15(8-6-14)16-3-2-4-19-20(16)17-9-11-21-12-10-18(17)22-19/h2-8,17-18,21-22H,9-12H2,1H3/t17-,18+/m1/s1. The number of hydrogen-bond acceptors (Lipinski definition) is 3. The van der Waals surface area contributed by atoms with Crippen molar-refractivity contribution in [3.05, 3.63) is 53.6 Å². The van der Waals surface area contributed by atoms with Gasteiger partial charge in [-0.15, -0.1) is 0 Å². The maximum atomic E-state index is 11.5. The lowest BCUT2D eigenvalue weighted by Crippen LogP contribution is -2.21. The summed E-state index contributed by atoms with van der Waals surface area (Å²) in [6.07, 6.45) is 2.34. The molecule has 0 aliphatic carbocycles. The van der Waals surface area contributed by atoms with Crippen molar-refractivity contribution in [2.75, 3.05) is 18.4 Å². The molecule has 118 valence electrons. The summed E-state index contributed by atoms with van der Waals surface area (Å²) in [6, 6.07) is 15.1. The van der Waals surface area contributed by atoms with Crippen LogP contribution in [0.2, 0.25) is 0 Å². The summed E-state index contributed by atoms with van der Waals surface area (Å²) in [5.41, 5.74) is 6.02. The fourth-order valence-electron chi connectivity index (χ4n) is 3.99. The summed E-state index contributed by atoms with van der Waals surface area (Å²) < 4.78 is 0. The number of fused-ring (bicyclic) bond motifs is 3. The number of carbonyl (C=O) groups excluding carboxylic acids is 1. The third-order valence-electron chi connectivity index (χ3n) is 5.17. The summed E-state index contributed by atoms with van der Waals surface area (Å²) in [4.78, 5) is 11.5. The zero-order valence-electron chi connectivity index (χ0n) is 13.4. The smallest absolute Gasteiger partial charge is 0.159 e. The van der Waals surface area contributed by atoms with E-state index >= 15 is 0 Å². The van der Waals surface area contributed by atoms with Gasteiger partial charge in [-0.1, -0.05) is 36.4 Å². The van der Waals surface area contributed by atoms with E-state index in [2.05, 4.69) is 41.0 Å². The number of benzene rings is 2. The first kappa shape index (κ1) is 14.5. The molecule has 2 N–H and O–H groups in total. The van der Waals surface area contributed by atoms with Crippen LogP contribution in [0.15, 0.2) is 42.5 Å². The van der Waals surface area contributed by atoms with Crippen LogP contribution in [0, 0.1) is 0 Å². The van der Waals surface area contributed by atoms with E-state index in [1.807, 2.05) is 12.1 Å². The first-order chi connectivity index (χ1) is 11.2. The maximum absolute atomic E-state index is 11.5. The van der Waals surface area contributed by atoms with Gasteiger partial charge >= 0.3 is 0 Å². The zero-order valence-corrected chi connectivity index (χ0v) is 13.4. The van der Waals surface area contributed by atoms with Crippen molar-refractivity contribution in [1.82, 2.24) is 5.32 Å². The lowest BCUT2D eigenvalue weighted by molar-refractivity contribution is 0.101. The second kappa shape index (κ2) is 5.82. The quantitative estimate of drug-likeness (QED) is 0.829. The van der Waals surface area contributed by atoms with E-state index in [0.29, 0.717) is 12.0 Å².